The minimum atomic E-state index is 1.12. The zero-order valence-electron chi connectivity index (χ0n) is 10.3. The molecule has 4 rings (SSSR count). The number of benzene rings is 3. The van der Waals surface area contributed by atoms with Crippen LogP contribution in [-0.2, 0) is 0 Å². The molecule has 0 N–H and O–H groups in total. The maximum Gasteiger partial charge on any atom is 0.0730 e. The second-order valence-corrected chi connectivity index (χ2v) is 4.61. The summed E-state index contributed by atoms with van der Waals surface area (Å²) in [4.78, 5) is 0. The first-order valence-corrected chi connectivity index (χ1v) is 6.34. The highest BCUT2D eigenvalue weighted by Gasteiger charge is 2.07. The summed E-state index contributed by atoms with van der Waals surface area (Å²) in [6.45, 7) is 0. The highest BCUT2D eigenvalue weighted by Crippen LogP contribution is 2.30. The third-order valence-corrected chi connectivity index (χ3v) is 3.50. The summed E-state index contributed by atoms with van der Waals surface area (Å²) < 4.78 is 1.93. The lowest BCUT2D eigenvalue weighted by Gasteiger charge is -2.10. The van der Waals surface area contributed by atoms with E-state index in [4.69, 9.17) is 0 Å². The molecular formula is C17H12N2. The molecule has 0 aliphatic rings. The van der Waals surface area contributed by atoms with Crippen LogP contribution in [0.15, 0.2) is 73.1 Å². The van der Waals surface area contributed by atoms with Gasteiger partial charge >= 0.3 is 0 Å². The highest BCUT2D eigenvalue weighted by atomic mass is 15.3. The van der Waals surface area contributed by atoms with Crippen molar-refractivity contribution in [2.75, 3.05) is 0 Å². The summed E-state index contributed by atoms with van der Waals surface area (Å²) in [5.74, 6) is 0. The number of nitrogens with zero attached hydrogens (tertiary/aromatic N) is 2. The molecule has 0 radical (unpaired) electrons. The fraction of sp³-hybridized carbons (Fsp3) is 0. The van der Waals surface area contributed by atoms with E-state index in [0.717, 1.165) is 5.69 Å². The van der Waals surface area contributed by atoms with Gasteiger partial charge in [-0.05, 0) is 28.3 Å². The van der Waals surface area contributed by atoms with Crippen molar-refractivity contribution in [3.63, 3.8) is 0 Å². The summed E-state index contributed by atoms with van der Waals surface area (Å²) in [6, 6.07) is 21.1. The summed E-state index contributed by atoms with van der Waals surface area (Å²) in [5, 5.41) is 9.38. The molecule has 0 saturated heterocycles. The first-order valence-electron chi connectivity index (χ1n) is 6.34. The van der Waals surface area contributed by atoms with Crippen LogP contribution in [0.2, 0.25) is 0 Å². The highest BCUT2D eigenvalue weighted by molar-refractivity contribution is 6.11. The van der Waals surface area contributed by atoms with Gasteiger partial charge < -0.3 is 0 Å². The van der Waals surface area contributed by atoms with Crippen LogP contribution in [0.3, 0.4) is 0 Å². The maximum atomic E-state index is 4.36. The largest absolute Gasteiger partial charge is 0.240 e. The summed E-state index contributed by atoms with van der Waals surface area (Å²) in [7, 11) is 0. The van der Waals surface area contributed by atoms with Gasteiger partial charge in [0, 0.05) is 17.8 Å². The number of rotatable bonds is 1. The number of hydrogen-bond acceptors (Lipinski definition) is 1. The lowest BCUT2D eigenvalue weighted by molar-refractivity contribution is 0.889. The van der Waals surface area contributed by atoms with Gasteiger partial charge in [-0.2, -0.15) is 5.10 Å². The van der Waals surface area contributed by atoms with Crippen molar-refractivity contribution in [3.8, 4) is 5.69 Å². The summed E-state index contributed by atoms with van der Waals surface area (Å²) in [6.07, 6.45) is 3.79. The van der Waals surface area contributed by atoms with Crippen LogP contribution in [0.5, 0.6) is 0 Å². The lowest BCUT2D eigenvalue weighted by atomic mass is 10.0. The van der Waals surface area contributed by atoms with E-state index in [0.29, 0.717) is 0 Å². The van der Waals surface area contributed by atoms with Crippen LogP contribution in [-0.4, -0.2) is 9.78 Å². The van der Waals surface area contributed by atoms with E-state index in [9.17, 15) is 0 Å². The Morgan fingerprint density at radius 3 is 2.26 bits per heavy atom. The van der Waals surface area contributed by atoms with Gasteiger partial charge in [-0.1, -0.05) is 48.5 Å². The predicted octanol–water partition coefficient (Wildman–Crippen LogP) is 4.18. The third kappa shape index (κ3) is 1.54. The van der Waals surface area contributed by atoms with Gasteiger partial charge in [-0.25, -0.2) is 4.68 Å². The molecule has 0 atom stereocenters. The number of aromatic nitrogens is 2. The molecular weight excluding hydrogens is 232 g/mol. The Kier molecular flexibility index (Phi) is 2.15. The molecule has 0 aliphatic carbocycles. The van der Waals surface area contributed by atoms with Crippen LogP contribution in [0.25, 0.3) is 27.2 Å². The zero-order valence-corrected chi connectivity index (χ0v) is 10.3. The summed E-state index contributed by atoms with van der Waals surface area (Å²) in [5.41, 5.74) is 1.12. The van der Waals surface area contributed by atoms with Crippen molar-refractivity contribution in [1.82, 2.24) is 9.78 Å². The van der Waals surface area contributed by atoms with Crippen molar-refractivity contribution in [2.24, 2.45) is 0 Å². The van der Waals surface area contributed by atoms with E-state index in [1.165, 1.54) is 21.5 Å². The van der Waals surface area contributed by atoms with E-state index in [1.54, 1.807) is 0 Å². The average Bonchev–Trinajstić information content (AvgIpc) is 3.00. The van der Waals surface area contributed by atoms with Crippen LogP contribution < -0.4 is 0 Å². The van der Waals surface area contributed by atoms with Crippen LogP contribution in [0, 0.1) is 0 Å². The van der Waals surface area contributed by atoms with Gasteiger partial charge in [0.1, 0.15) is 0 Å². The van der Waals surface area contributed by atoms with Crippen LogP contribution in [0.4, 0.5) is 0 Å². The molecule has 2 heteroatoms. The van der Waals surface area contributed by atoms with Gasteiger partial charge in [-0.15, -0.1) is 0 Å². The van der Waals surface area contributed by atoms with Gasteiger partial charge in [0.05, 0.1) is 5.69 Å². The molecule has 0 spiro atoms. The Bertz CT molecular complexity index is 861. The second kappa shape index (κ2) is 3.95. The van der Waals surface area contributed by atoms with Gasteiger partial charge in [0.25, 0.3) is 0 Å². The third-order valence-electron chi connectivity index (χ3n) is 3.50. The smallest absolute Gasteiger partial charge is 0.0730 e. The van der Waals surface area contributed by atoms with E-state index >= 15 is 0 Å². The average molecular weight is 244 g/mol. The van der Waals surface area contributed by atoms with E-state index < -0.39 is 0 Å². The van der Waals surface area contributed by atoms with Crippen molar-refractivity contribution in [2.45, 2.75) is 0 Å². The number of fused-ring (bicyclic) bond motifs is 3. The van der Waals surface area contributed by atoms with Crippen LogP contribution in [0.1, 0.15) is 0 Å². The molecule has 19 heavy (non-hydrogen) atoms. The van der Waals surface area contributed by atoms with Gasteiger partial charge in [-0.3, -0.25) is 0 Å². The molecule has 0 aliphatic heterocycles. The zero-order chi connectivity index (χ0) is 12.7. The number of hydrogen-bond donors (Lipinski definition) is 0. The molecule has 90 valence electrons. The van der Waals surface area contributed by atoms with Gasteiger partial charge in [0.2, 0.25) is 0 Å². The Hall–Kier alpha value is -2.61. The predicted molar refractivity (Wildman–Crippen MR) is 78.6 cm³/mol. The lowest BCUT2D eigenvalue weighted by Crippen LogP contribution is -1.95. The Labute approximate surface area is 110 Å². The molecule has 2 nitrogen and oxygen atoms in total. The molecule has 0 bridgehead atoms. The molecule has 4 aromatic rings. The Morgan fingerprint density at radius 2 is 1.47 bits per heavy atom. The van der Waals surface area contributed by atoms with E-state index in [2.05, 4.69) is 59.7 Å². The normalized spacial score (nSPS) is 11.2. The molecule has 0 saturated carbocycles. The topological polar surface area (TPSA) is 17.8 Å². The Balaban J connectivity index is 2.22. The molecule has 1 heterocycles. The minimum absolute atomic E-state index is 1.12. The molecule has 3 aromatic carbocycles. The second-order valence-electron chi connectivity index (χ2n) is 4.61. The van der Waals surface area contributed by atoms with Gasteiger partial charge in [0.15, 0.2) is 0 Å². The fourth-order valence-corrected chi connectivity index (χ4v) is 2.64. The molecule has 1 aromatic heterocycles. The Morgan fingerprint density at radius 1 is 0.737 bits per heavy atom. The minimum Gasteiger partial charge on any atom is -0.240 e. The first-order chi connectivity index (χ1) is 9.43. The fourth-order valence-electron chi connectivity index (χ4n) is 2.64. The van der Waals surface area contributed by atoms with Crippen molar-refractivity contribution >= 4 is 21.5 Å². The monoisotopic (exact) mass is 244 g/mol. The first kappa shape index (κ1) is 10.3. The standard InChI is InChI=1S/C17H12N2/c1-2-7-14-13(6-1)12-17(19-11-5-10-18-19)16-9-4-3-8-15(14)16/h1-12H. The quantitative estimate of drug-likeness (QED) is 0.459. The van der Waals surface area contributed by atoms with E-state index in [-0.39, 0.29) is 0 Å². The van der Waals surface area contributed by atoms with E-state index in [1.807, 2.05) is 23.1 Å². The maximum absolute atomic E-state index is 4.36. The van der Waals surface area contributed by atoms with Crippen molar-refractivity contribution in [1.29, 1.82) is 0 Å². The molecule has 0 fully saturated rings. The summed E-state index contributed by atoms with van der Waals surface area (Å²) >= 11 is 0. The van der Waals surface area contributed by atoms with Crippen molar-refractivity contribution < 1.29 is 0 Å². The molecule has 0 amide bonds. The van der Waals surface area contributed by atoms with Crippen molar-refractivity contribution in [3.05, 3.63) is 73.1 Å². The molecule has 0 unspecified atom stereocenters. The SMILES string of the molecule is c1ccc2c(c1)cc(-n1cccn1)c1ccccc12. The van der Waals surface area contributed by atoms with Crippen LogP contribution >= 0.6 is 0 Å².